The minimum atomic E-state index is -5.03. The lowest BCUT2D eigenvalue weighted by Crippen LogP contribution is -2.46. The smallest absolute Gasteiger partial charge is 0.464 e. The summed E-state index contributed by atoms with van der Waals surface area (Å²) in [6.45, 7) is 1.83. The second-order valence-corrected chi connectivity index (χ2v) is 10.8. The number of nitrogens with one attached hydrogen (secondary N) is 2. The number of amides is 2. The van der Waals surface area contributed by atoms with E-state index in [1.165, 1.54) is 13.8 Å². The van der Waals surface area contributed by atoms with E-state index in [0.29, 0.717) is 12.8 Å². The lowest BCUT2D eigenvalue weighted by atomic mass is 9.87. The molecule has 15 nitrogen and oxygen atoms in total. The average molecular weight is 536 g/mol. The molecule has 0 aliphatic rings. The van der Waals surface area contributed by atoms with Gasteiger partial charge in [0, 0.05) is 38.5 Å². The Labute approximate surface area is 197 Å². The first-order valence-electron chi connectivity index (χ1n) is 10.2. The van der Waals surface area contributed by atoms with E-state index in [9.17, 15) is 33.5 Å². The van der Waals surface area contributed by atoms with Crippen LogP contribution in [0.25, 0.3) is 0 Å². The van der Waals surface area contributed by atoms with Gasteiger partial charge in [-0.1, -0.05) is 13.8 Å². The lowest BCUT2D eigenvalue weighted by Gasteiger charge is -2.29. The predicted molar refractivity (Wildman–Crippen MR) is 116 cm³/mol. The molecule has 0 radical (unpaired) electrons. The fourth-order valence-corrected chi connectivity index (χ4v) is 4.16. The summed E-state index contributed by atoms with van der Waals surface area (Å²) in [4.78, 5) is 53.8. The fraction of sp³-hybridized carbons (Fsp3) is 0.824. The van der Waals surface area contributed by atoms with Crippen molar-refractivity contribution < 1.29 is 61.6 Å². The Hall–Kier alpha value is -1.41. The van der Waals surface area contributed by atoms with Crippen LogP contribution in [0.2, 0.25) is 0 Å². The number of rotatable bonds is 18. The molecule has 0 saturated heterocycles. The van der Waals surface area contributed by atoms with E-state index in [2.05, 4.69) is 24.0 Å². The Morgan fingerprint density at radius 3 is 2.24 bits per heavy atom. The highest BCUT2D eigenvalue weighted by atomic mass is 31.3. The number of aliphatic hydroxyl groups is 2. The summed E-state index contributed by atoms with van der Waals surface area (Å²) in [5.41, 5.74) is -1.43. The van der Waals surface area contributed by atoms with Gasteiger partial charge in [-0.15, -0.1) is 0 Å². The highest BCUT2D eigenvalue weighted by Gasteiger charge is 2.39. The molecule has 0 aromatic rings. The summed E-state index contributed by atoms with van der Waals surface area (Å²) < 4.78 is 40.4. The van der Waals surface area contributed by atoms with Gasteiger partial charge in [-0.3, -0.25) is 23.4 Å². The zero-order chi connectivity index (χ0) is 26.4. The van der Waals surface area contributed by atoms with Crippen molar-refractivity contribution in [3.8, 4) is 0 Å². The quantitative estimate of drug-likeness (QED) is 0.0744. The van der Waals surface area contributed by atoms with Gasteiger partial charge < -0.3 is 35.4 Å². The number of hydrogen-bond acceptors (Lipinski definition) is 11. The summed E-state index contributed by atoms with van der Waals surface area (Å²) in [5.74, 6) is -1.78. The molecule has 0 aliphatic heterocycles. The van der Waals surface area contributed by atoms with Crippen molar-refractivity contribution in [1.29, 1.82) is 0 Å². The SMILES string of the molecule is COP(=O)(O)OP(=O)(O)OCC(C)(C)C(O)C(=O)NCCC(=O)NCCOC(=O)CCCCO. The van der Waals surface area contributed by atoms with Gasteiger partial charge in [0.2, 0.25) is 11.8 Å². The molecule has 17 heteroatoms. The number of phosphoric ester groups is 2. The highest BCUT2D eigenvalue weighted by molar-refractivity contribution is 7.61. The molecule has 3 atom stereocenters. The van der Waals surface area contributed by atoms with Crippen LogP contribution < -0.4 is 10.6 Å². The largest absolute Gasteiger partial charge is 0.481 e. The summed E-state index contributed by atoms with van der Waals surface area (Å²) >= 11 is 0. The predicted octanol–water partition coefficient (Wildman–Crippen LogP) is -0.418. The summed E-state index contributed by atoms with van der Waals surface area (Å²) in [5, 5.41) is 23.6. The molecular formula is C17H34N2O13P2. The third-order valence-corrected chi connectivity index (χ3v) is 6.72. The van der Waals surface area contributed by atoms with Crippen LogP contribution in [0.3, 0.4) is 0 Å². The van der Waals surface area contributed by atoms with Gasteiger partial charge in [0.1, 0.15) is 12.7 Å². The van der Waals surface area contributed by atoms with Crippen molar-refractivity contribution in [3.05, 3.63) is 0 Å². The standard InChI is InChI=1S/C17H34N2O13P2/c1-17(2,12-31-34(27,28)32-33(25,26)29-3)15(23)16(24)19-8-7-13(21)18-9-11-30-14(22)6-4-5-10-20/h15,20,23H,4-12H2,1-3H3,(H,18,21)(H,19,24)(H,25,26)(H,27,28). The molecule has 0 saturated carbocycles. The number of unbranched alkanes of at least 4 members (excludes halogenated alkanes) is 1. The molecule has 200 valence electrons. The Balaban J connectivity index is 4.28. The maximum absolute atomic E-state index is 12.1. The molecule has 2 amide bonds. The van der Waals surface area contributed by atoms with Crippen LogP contribution in [0.5, 0.6) is 0 Å². The first kappa shape index (κ1) is 32.6. The highest BCUT2D eigenvalue weighted by Crippen LogP contribution is 2.60. The van der Waals surface area contributed by atoms with Gasteiger partial charge >= 0.3 is 21.6 Å². The van der Waals surface area contributed by atoms with Crippen LogP contribution in [0, 0.1) is 5.41 Å². The molecule has 0 heterocycles. The Morgan fingerprint density at radius 1 is 1.00 bits per heavy atom. The normalized spacial score (nSPS) is 16.1. The molecule has 0 aromatic heterocycles. The average Bonchev–Trinajstić information content (AvgIpc) is 2.74. The van der Waals surface area contributed by atoms with E-state index in [1.54, 1.807) is 0 Å². The zero-order valence-corrected chi connectivity index (χ0v) is 21.1. The van der Waals surface area contributed by atoms with Crippen LogP contribution in [0.15, 0.2) is 0 Å². The van der Waals surface area contributed by atoms with Gasteiger partial charge in [0.25, 0.3) is 0 Å². The Kier molecular flexibility index (Phi) is 14.9. The monoisotopic (exact) mass is 536 g/mol. The van der Waals surface area contributed by atoms with Crippen molar-refractivity contribution in [2.75, 3.05) is 40.0 Å². The lowest BCUT2D eigenvalue weighted by molar-refractivity contribution is -0.144. The van der Waals surface area contributed by atoms with Gasteiger partial charge in [-0.25, -0.2) is 9.13 Å². The first-order valence-corrected chi connectivity index (χ1v) is 13.2. The number of phosphoric acid groups is 2. The molecule has 0 aliphatic carbocycles. The molecule has 0 spiro atoms. The second-order valence-electron chi connectivity index (χ2n) is 7.66. The van der Waals surface area contributed by atoms with E-state index in [4.69, 9.17) is 14.7 Å². The number of aliphatic hydroxyl groups excluding tert-OH is 2. The maximum Gasteiger partial charge on any atom is 0.481 e. The molecule has 34 heavy (non-hydrogen) atoms. The number of hydrogen-bond donors (Lipinski definition) is 6. The van der Waals surface area contributed by atoms with E-state index >= 15 is 0 Å². The van der Waals surface area contributed by atoms with E-state index in [0.717, 1.165) is 7.11 Å². The van der Waals surface area contributed by atoms with Crippen LogP contribution in [0.4, 0.5) is 0 Å². The van der Waals surface area contributed by atoms with Gasteiger partial charge in [-0.2, -0.15) is 4.31 Å². The third kappa shape index (κ3) is 14.8. The van der Waals surface area contributed by atoms with Crippen molar-refractivity contribution in [2.45, 2.75) is 45.6 Å². The summed E-state index contributed by atoms with van der Waals surface area (Å²) in [6, 6.07) is 0. The van der Waals surface area contributed by atoms with Crippen molar-refractivity contribution in [3.63, 3.8) is 0 Å². The van der Waals surface area contributed by atoms with Crippen LogP contribution in [0.1, 0.15) is 39.5 Å². The topological polar surface area (TPSA) is 227 Å². The van der Waals surface area contributed by atoms with Gasteiger partial charge in [-0.05, 0) is 12.8 Å². The number of esters is 1. The van der Waals surface area contributed by atoms with Crippen LogP contribution >= 0.6 is 15.6 Å². The van der Waals surface area contributed by atoms with E-state index < -0.39 is 51.6 Å². The maximum atomic E-state index is 12.1. The third-order valence-electron chi connectivity index (χ3n) is 4.15. The second kappa shape index (κ2) is 15.6. The number of ether oxygens (including phenoxy) is 1. The van der Waals surface area contributed by atoms with E-state index in [-0.39, 0.29) is 39.1 Å². The van der Waals surface area contributed by atoms with Crippen molar-refractivity contribution >= 4 is 33.4 Å². The van der Waals surface area contributed by atoms with Gasteiger partial charge in [0.15, 0.2) is 0 Å². The minimum absolute atomic E-state index is 0.00841. The Bertz CT molecular complexity index is 762. The number of carbonyl (C=O) groups excluding carboxylic acids is 3. The van der Waals surface area contributed by atoms with Gasteiger partial charge in [0.05, 0.1) is 13.2 Å². The zero-order valence-electron chi connectivity index (χ0n) is 19.3. The molecule has 3 unspecified atom stereocenters. The summed E-state index contributed by atoms with van der Waals surface area (Å²) in [6.07, 6.45) is -0.703. The summed E-state index contributed by atoms with van der Waals surface area (Å²) in [7, 11) is -9.08. The van der Waals surface area contributed by atoms with Crippen LogP contribution in [-0.4, -0.2) is 83.9 Å². The molecule has 6 N–H and O–H groups in total. The molecule has 0 fully saturated rings. The van der Waals surface area contributed by atoms with Crippen LogP contribution in [-0.2, 0) is 41.6 Å². The molecule has 0 bridgehead atoms. The molecular weight excluding hydrogens is 502 g/mol. The molecule has 0 aromatic carbocycles. The number of carbonyl (C=O) groups is 3. The first-order chi connectivity index (χ1) is 15.7. The fourth-order valence-electron chi connectivity index (χ4n) is 2.16. The minimum Gasteiger partial charge on any atom is -0.464 e. The molecule has 0 rings (SSSR count). The van der Waals surface area contributed by atoms with Crippen molar-refractivity contribution in [1.82, 2.24) is 10.6 Å². The van der Waals surface area contributed by atoms with Crippen molar-refractivity contribution in [2.24, 2.45) is 5.41 Å². The van der Waals surface area contributed by atoms with E-state index in [1.807, 2.05) is 0 Å². The Morgan fingerprint density at radius 2 is 1.65 bits per heavy atom.